The first kappa shape index (κ1) is 14.3. The van der Waals surface area contributed by atoms with Gasteiger partial charge in [0.05, 0.1) is 6.20 Å². The van der Waals surface area contributed by atoms with Crippen LogP contribution in [0.1, 0.15) is 11.5 Å². The number of rotatable bonds is 4. The lowest BCUT2D eigenvalue weighted by Crippen LogP contribution is -1.99. The molecule has 0 unspecified atom stereocenters. The predicted molar refractivity (Wildman–Crippen MR) is 88.3 cm³/mol. The van der Waals surface area contributed by atoms with Gasteiger partial charge in [-0.3, -0.25) is 0 Å². The average molecular weight is 318 g/mol. The molecule has 0 spiro atoms. The molecule has 0 atom stereocenters. The number of hydrogen-bond acceptors (Lipinski definition) is 6. The van der Waals surface area contributed by atoms with Crippen LogP contribution in [0, 0.1) is 6.92 Å². The van der Waals surface area contributed by atoms with E-state index >= 15 is 0 Å². The zero-order valence-corrected chi connectivity index (χ0v) is 13.0. The fourth-order valence-corrected chi connectivity index (χ4v) is 2.49. The minimum Gasteiger partial charge on any atom is -0.466 e. The molecule has 0 saturated heterocycles. The first-order chi connectivity index (χ1) is 11.8. The van der Waals surface area contributed by atoms with Crippen molar-refractivity contribution < 1.29 is 9.26 Å². The van der Waals surface area contributed by atoms with E-state index in [1.807, 2.05) is 55.5 Å². The fourth-order valence-electron chi connectivity index (χ4n) is 2.49. The van der Waals surface area contributed by atoms with E-state index in [9.17, 15) is 0 Å². The van der Waals surface area contributed by atoms with E-state index in [-0.39, 0.29) is 6.61 Å². The summed E-state index contributed by atoms with van der Waals surface area (Å²) in [4.78, 5) is 4.39. The maximum absolute atomic E-state index is 5.71. The minimum atomic E-state index is 0.140. The van der Waals surface area contributed by atoms with Gasteiger partial charge in [-0.05, 0) is 18.6 Å². The third-order valence-corrected chi connectivity index (χ3v) is 3.72. The van der Waals surface area contributed by atoms with Crippen molar-refractivity contribution in [3.63, 3.8) is 0 Å². The Hall–Kier alpha value is -3.28. The van der Waals surface area contributed by atoms with E-state index in [0.717, 1.165) is 21.9 Å². The summed E-state index contributed by atoms with van der Waals surface area (Å²) in [6, 6.07) is 15.7. The Morgan fingerprint density at radius 3 is 2.79 bits per heavy atom. The first-order valence-corrected chi connectivity index (χ1v) is 7.53. The van der Waals surface area contributed by atoms with Gasteiger partial charge in [-0.15, -0.1) is 5.10 Å². The highest BCUT2D eigenvalue weighted by Crippen LogP contribution is 2.23. The molecule has 4 aromatic rings. The van der Waals surface area contributed by atoms with Crippen molar-refractivity contribution in [2.45, 2.75) is 13.5 Å². The lowest BCUT2D eigenvalue weighted by molar-refractivity contribution is 0.236. The summed E-state index contributed by atoms with van der Waals surface area (Å²) < 4.78 is 11.0. The van der Waals surface area contributed by atoms with Crippen molar-refractivity contribution >= 4 is 10.8 Å². The largest absolute Gasteiger partial charge is 0.466 e. The molecule has 4 rings (SSSR count). The SMILES string of the molecule is Cc1ccccc1-c1noc(COc2nncc3ccccc23)n1. The highest BCUT2D eigenvalue weighted by Gasteiger charge is 2.12. The van der Waals surface area contributed by atoms with Gasteiger partial charge in [-0.25, -0.2) is 0 Å². The Morgan fingerprint density at radius 1 is 1.04 bits per heavy atom. The molecule has 0 saturated carbocycles. The van der Waals surface area contributed by atoms with Gasteiger partial charge in [0, 0.05) is 16.3 Å². The molecule has 0 fully saturated rings. The normalized spacial score (nSPS) is 10.9. The summed E-state index contributed by atoms with van der Waals surface area (Å²) in [6.45, 7) is 2.15. The topological polar surface area (TPSA) is 73.9 Å². The molecule has 2 aromatic carbocycles. The van der Waals surface area contributed by atoms with E-state index < -0.39 is 0 Å². The molecule has 6 heteroatoms. The standard InChI is InChI=1S/C18H14N4O2/c1-12-6-2-4-8-14(12)17-20-16(24-22-17)11-23-18-15-9-5-3-7-13(15)10-19-21-18/h2-10H,11H2,1H3. The Balaban J connectivity index is 1.56. The van der Waals surface area contributed by atoms with Gasteiger partial charge in [0.2, 0.25) is 11.7 Å². The Kier molecular flexibility index (Phi) is 3.63. The Labute approximate surface area is 138 Å². The van der Waals surface area contributed by atoms with Gasteiger partial charge in [0.25, 0.3) is 5.89 Å². The highest BCUT2D eigenvalue weighted by molar-refractivity contribution is 5.85. The fraction of sp³-hybridized carbons (Fsp3) is 0.111. The van der Waals surface area contributed by atoms with E-state index in [4.69, 9.17) is 9.26 Å². The van der Waals surface area contributed by atoms with Crippen LogP contribution in [0.3, 0.4) is 0 Å². The quantitative estimate of drug-likeness (QED) is 0.573. The third-order valence-electron chi connectivity index (χ3n) is 3.72. The Morgan fingerprint density at radius 2 is 1.88 bits per heavy atom. The van der Waals surface area contributed by atoms with Crippen LogP contribution in [0.2, 0.25) is 0 Å². The molecule has 2 heterocycles. The molecule has 0 bridgehead atoms. The van der Waals surface area contributed by atoms with Gasteiger partial charge in [0.15, 0.2) is 6.61 Å². The molecular weight excluding hydrogens is 304 g/mol. The van der Waals surface area contributed by atoms with Crippen LogP contribution in [0.25, 0.3) is 22.2 Å². The van der Waals surface area contributed by atoms with E-state index in [0.29, 0.717) is 17.6 Å². The summed E-state index contributed by atoms with van der Waals surface area (Å²) in [5.74, 6) is 1.39. The number of ether oxygens (including phenoxy) is 1. The molecule has 6 nitrogen and oxygen atoms in total. The molecule has 0 aliphatic rings. The van der Waals surface area contributed by atoms with E-state index in [1.165, 1.54) is 0 Å². The monoisotopic (exact) mass is 318 g/mol. The number of benzene rings is 2. The van der Waals surface area contributed by atoms with Crippen LogP contribution in [-0.4, -0.2) is 20.3 Å². The number of aryl methyl sites for hydroxylation is 1. The molecule has 0 radical (unpaired) electrons. The van der Waals surface area contributed by atoms with Crippen molar-refractivity contribution in [1.29, 1.82) is 0 Å². The van der Waals surface area contributed by atoms with Crippen molar-refractivity contribution in [3.8, 4) is 17.3 Å². The van der Waals surface area contributed by atoms with Gasteiger partial charge >= 0.3 is 0 Å². The minimum absolute atomic E-state index is 0.140. The smallest absolute Gasteiger partial charge is 0.264 e. The van der Waals surface area contributed by atoms with E-state index in [2.05, 4.69) is 20.3 Å². The van der Waals surface area contributed by atoms with Gasteiger partial charge in [-0.2, -0.15) is 10.1 Å². The second-order valence-electron chi connectivity index (χ2n) is 5.35. The molecular formula is C18H14N4O2. The molecule has 2 aromatic heterocycles. The third kappa shape index (κ3) is 2.69. The van der Waals surface area contributed by atoms with Crippen molar-refractivity contribution in [3.05, 3.63) is 66.2 Å². The maximum Gasteiger partial charge on any atom is 0.264 e. The van der Waals surface area contributed by atoms with Gasteiger partial charge in [-0.1, -0.05) is 47.6 Å². The molecule has 0 N–H and O–H groups in total. The summed E-state index contributed by atoms with van der Waals surface area (Å²) in [7, 11) is 0. The van der Waals surface area contributed by atoms with Crippen LogP contribution in [0.4, 0.5) is 0 Å². The predicted octanol–water partition coefficient (Wildman–Crippen LogP) is 3.57. The lowest BCUT2D eigenvalue weighted by atomic mass is 10.1. The zero-order valence-electron chi connectivity index (χ0n) is 13.0. The molecule has 0 aliphatic heterocycles. The van der Waals surface area contributed by atoms with Crippen molar-refractivity contribution in [2.75, 3.05) is 0 Å². The van der Waals surface area contributed by atoms with E-state index in [1.54, 1.807) is 6.20 Å². The number of nitrogens with zero attached hydrogens (tertiary/aromatic N) is 4. The number of aromatic nitrogens is 4. The number of fused-ring (bicyclic) bond motifs is 1. The highest BCUT2D eigenvalue weighted by atomic mass is 16.5. The Bertz CT molecular complexity index is 992. The van der Waals surface area contributed by atoms with Crippen LogP contribution in [0.15, 0.2) is 59.3 Å². The molecule has 0 aliphatic carbocycles. The summed E-state index contributed by atoms with van der Waals surface area (Å²) >= 11 is 0. The summed E-state index contributed by atoms with van der Waals surface area (Å²) in [5.41, 5.74) is 2.03. The van der Waals surface area contributed by atoms with Gasteiger partial charge < -0.3 is 9.26 Å². The van der Waals surface area contributed by atoms with Crippen molar-refractivity contribution in [2.24, 2.45) is 0 Å². The molecule has 118 valence electrons. The number of hydrogen-bond donors (Lipinski definition) is 0. The second kappa shape index (κ2) is 6.08. The van der Waals surface area contributed by atoms with Crippen LogP contribution in [0.5, 0.6) is 5.88 Å². The average Bonchev–Trinajstić information content (AvgIpc) is 3.09. The lowest BCUT2D eigenvalue weighted by Gasteiger charge is -2.04. The van der Waals surface area contributed by atoms with Gasteiger partial charge in [0.1, 0.15) is 0 Å². The zero-order chi connectivity index (χ0) is 16.4. The molecule has 24 heavy (non-hydrogen) atoms. The van der Waals surface area contributed by atoms with Crippen molar-refractivity contribution in [1.82, 2.24) is 20.3 Å². The first-order valence-electron chi connectivity index (χ1n) is 7.53. The van der Waals surface area contributed by atoms with Crippen LogP contribution < -0.4 is 4.74 Å². The summed E-state index contributed by atoms with van der Waals surface area (Å²) in [6.07, 6.45) is 1.70. The summed E-state index contributed by atoms with van der Waals surface area (Å²) in [5, 5.41) is 13.9. The van der Waals surface area contributed by atoms with Crippen LogP contribution >= 0.6 is 0 Å². The maximum atomic E-state index is 5.71. The second-order valence-corrected chi connectivity index (χ2v) is 5.35. The molecule has 0 amide bonds. The van der Waals surface area contributed by atoms with Crippen LogP contribution in [-0.2, 0) is 6.61 Å².